The van der Waals surface area contributed by atoms with E-state index in [1.165, 1.54) is 12.1 Å². The number of ketones is 1. The van der Waals surface area contributed by atoms with Crippen molar-refractivity contribution >= 4 is 28.1 Å². The first-order chi connectivity index (χ1) is 13.4. The van der Waals surface area contributed by atoms with Crippen LogP contribution in [0.25, 0.3) is 5.53 Å². The van der Waals surface area contributed by atoms with Crippen molar-refractivity contribution in [2.24, 2.45) is 0 Å². The Hall–Kier alpha value is -2.55. The summed E-state index contributed by atoms with van der Waals surface area (Å²) < 4.78 is 32.5. The lowest BCUT2D eigenvalue weighted by atomic mass is 10.1. The standard InChI is InChI=1S/C19H28N4O5S/c1-14-8-10-15(11-9-14)29(26,27)23-16(17(24)13-22-20)7-5-6-12-21-18(25)28-19(2,3)4/h8-11,13,16,23H,5-7,12H2,1-4H3,(H,21,25)/t16-/m0/s1. The zero-order valence-corrected chi connectivity index (χ0v) is 18.0. The molecule has 0 radical (unpaired) electrons. The molecule has 0 saturated heterocycles. The van der Waals surface area contributed by atoms with Gasteiger partial charge in [0.05, 0.1) is 10.9 Å². The van der Waals surface area contributed by atoms with Crippen LogP contribution < -0.4 is 10.0 Å². The van der Waals surface area contributed by atoms with Crippen LogP contribution in [0.1, 0.15) is 45.6 Å². The molecule has 9 nitrogen and oxygen atoms in total. The molecule has 1 rings (SSSR count). The molecule has 0 aliphatic heterocycles. The van der Waals surface area contributed by atoms with Gasteiger partial charge in [-0.05, 0) is 59.1 Å². The molecule has 10 heteroatoms. The van der Waals surface area contributed by atoms with Gasteiger partial charge in [-0.1, -0.05) is 17.7 Å². The van der Waals surface area contributed by atoms with Crippen LogP contribution in [0.3, 0.4) is 0 Å². The minimum atomic E-state index is -3.92. The summed E-state index contributed by atoms with van der Waals surface area (Å²) in [6.45, 7) is 7.41. The summed E-state index contributed by atoms with van der Waals surface area (Å²) in [5.41, 5.74) is 8.91. The molecule has 1 amide bonds. The van der Waals surface area contributed by atoms with Gasteiger partial charge in [0.2, 0.25) is 10.0 Å². The molecule has 29 heavy (non-hydrogen) atoms. The first-order valence-corrected chi connectivity index (χ1v) is 10.7. The molecule has 0 aliphatic carbocycles. The molecule has 0 saturated carbocycles. The Bertz CT molecular complexity index is 854. The van der Waals surface area contributed by atoms with Crippen molar-refractivity contribution in [2.75, 3.05) is 6.54 Å². The molecule has 0 unspecified atom stereocenters. The Labute approximate surface area is 171 Å². The monoisotopic (exact) mass is 424 g/mol. The van der Waals surface area contributed by atoms with Gasteiger partial charge in [0.15, 0.2) is 0 Å². The van der Waals surface area contributed by atoms with Crippen LogP contribution in [-0.4, -0.2) is 49.5 Å². The lowest BCUT2D eigenvalue weighted by Crippen LogP contribution is -2.41. The van der Waals surface area contributed by atoms with Gasteiger partial charge in [0.1, 0.15) is 5.60 Å². The number of carbonyl (C=O) groups excluding carboxylic acids is 2. The van der Waals surface area contributed by atoms with Gasteiger partial charge < -0.3 is 15.6 Å². The van der Waals surface area contributed by atoms with E-state index in [4.69, 9.17) is 10.3 Å². The third kappa shape index (κ3) is 9.47. The minimum absolute atomic E-state index is 0.0356. The van der Waals surface area contributed by atoms with E-state index in [1.54, 1.807) is 32.9 Å². The normalized spacial score (nSPS) is 12.6. The van der Waals surface area contributed by atoms with E-state index in [0.29, 0.717) is 25.6 Å². The highest BCUT2D eigenvalue weighted by Crippen LogP contribution is 2.13. The van der Waals surface area contributed by atoms with Crippen LogP contribution in [-0.2, 0) is 19.6 Å². The lowest BCUT2D eigenvalue weighted by Gasteiger charge is -2.19. The molecule has 0 aliphatic rings. The van der Waals surface area contributed by atoms with Gasteiger partial charge in [-0.3, -0.25) is 4.79 Å². The summed E-state index contributed by atoms with van der Waals surface area (Å²) in [6, 6.07) is 5.12. The van der Waals surface area contributed by atoms with Crippen molar-refractivity contribution < 1.29 is 27.5 Å². The number of hydrogen-bond acceptors (Lipinski definition) is 5. The number of sulfonamides is 1. The van der Waals surface area contributed by atoms with Gasteiger partial charge in [-0.2, -0.15) is 9.51 Å². The van der Waals surface area contributed by atoms with Crippen LogP contribution in [0, 0.1) is 6.92 Å². The number of rotatable bonds is 10. The van der Waals surface area contributed by atoms with Gasteiger partial charge in [0, 0.05) is 6.54 Å². The van der Waals surface area contributed by atoms with Crippen molar-refractivity contribution in [2.45, 2.75) is 63.5 Å². The number of ether oxygens (including phenoxy) is 1. The van der Waals surface area contributed by atoms with Crippen LogP contribution in [0.4, 0.5) is 4.79 Å². The second-order valence-electron chi connectivity index (χ2n) is 7.56. The van der Waals surface area contributed by atoms with E-state index < -0.39 is 33.5 Å². The Morgan fingerprint density at radius 1 is 1.21 bits per heavy atom. The molecule has 0 aromatic heterocycles. The molecule has 0 heterocycles. The smallest absolute Gasteiger partial charge is 0.407 e. The maximum Gasteiger partial charge on any atom is 0.407 e. The summed E-state index contributed by atoms with van der Waals surface area (Å²) in [4.78, 5) is 26.4. The summed E-state index contributed by atoms with van der Waals surface area (Å²) in [5.74, 6) is -0.664. The average Bonchev–Trinajstić information content (AvgIpc) is 2.59. The second-order valence-corrected chi connectivity index (χ2v) is 9.27. The molecule has 1 aromatic carbocycles. The maximum atomic E-state index is 12.5. The number of aryl methyl sites for hydroxylation is 1. The first kappa shape index (κ1) is 24.5. The molecular weight excluding hydrogens is 396 g/mol. The Morgan fingerprint density at radius 3 is 2.38 bits per heavy atom. The number of nitrogens with zero attached hydrogens (tertiary/aromatic N) is 2. The zero-order chi connectivity index (χ0) is 22.1. The SMILES string of the molecule is Cc1ccc(S(=O)(=O)N[C@@H](CCCCNC(=O)OC(C)(C)C)C(=O)C=[N+]=[N-])cc1. The first-order valence-electron chi connectivity index (χ1n) is 9.22. The van der Waals surface area contributed by atoms with E-state index in [9.17, 15) is 18.0 Å². The number of carbonyl (C=O) groups is 2. The Kier molecular flexibility index (Phi) is 9.16. The lowest BCUT2D eigenvalue weighted by molar-refractivity contribution is -0.117. The highest BCUT2D eigenvalue weighted by molar-refractivity contribution is 7.89. The molecule has 0 spiro atoms. The van der Waals surface area contributed by atoms with E-state index >= 15 is 0 Å². The quantitative estimate of drug-likeness (QED) is 0.257. The van der Waals surface area contributed by atoms with Crippen LogP contribution in [0.2, 0.25) is 0 Å². The van der Waals surface area contributed by atoms with Crippen molar-refractivity contribution in [3.63, 3.8) is 0 Å². The number of benzene rings is 1. The molecule has 2 N–H and O–H groups in total. The topological polar surface area (TPSA) is 138 Å². The molecular formula is C19H28N4O5S. The minimum Gasteiger partial charge on any atom is -0.444 e. The molecule has 1 aromatic rings. The van der Waals surface area contributed by atoms with Crippen LogP contribution in [0.15, 0.2) is 29.2 Å². The number of alkyl carbamates (subject to hydrolysis) is 1. The Morgan fingerprint density at radius 2 is 1.83 bits per heavy atom. The highest BCUT2D eigenvalue weighted by atomic mass is 32.2. The zero-order valence-electron chi connectivity index (χ0n) is 17.1. The van der Waals surface area contributed by atoms with E-state index in [-0.39, 0.29) is 11.3 Å². The summed E-state index contributed by atoms with van der Waals surface area (Å²) in [6.07, 6.45) is 1.25. The predicted octanol–water partition coefficient (Wildman–Crippen LogP) is 2.21. The number of Topliss-reactive ketones (excluding diaryl/α,β-unsaturated/α-hetero) is 1. The fourth-order valence-corrected chi connectivity index (χ4v) is 3.60. The second kappa shape index (κ2) is 10.8. The summed E-state index contributed by atoms with van der Waals surface area (Å²) in [7, 11) is -3.92. The van der Waals surface area contributed by atoms with Gasteiger partial charge in [-0.25, -0.2) is 13.2 Å². The number of nitrogens with one attached hydrogen (secondary N) is 2. The van der Waals surface area contributed by atoms with E-state index in [0.717, 1.165) is 5.56 Å². The largest absolute Gasteiger partial charge is 0.444 e. The van der Waals surface area contributed by atoms with Crippen molar-refractivity contribution in [3.8, 4) is 0 Å². The number of unbranched alkanes of at least 4 members (excludes halogenated alkanes) is 1. The Balaban J connectivity index is 2.65. The van der Waals surface area contributed by atoms with E-state index in [2.05, 4.69) is 14.8 Å². The summed E-state index contributed by atoms with van der Waals surface area (Å²) >= 11 is 0. The molecule has 0 bridgehead atoms. The van der Waals surface area contributed by atoms with Crippen molar-refractivity contribution in [1.82, 2.24) is 10.0 Å². The maximum absolute atomic E-state index is 12.5. The van der Waals surface area contributed by atoms with E-state index in [1.807, 2.05) is 6.92 Å². The van der Waals surface area contributed by atoms with Gasteiger partial charge in [0.25, 0.3) is 5.78 Å². The average molecular weight is 425 g/mol. The van der Waals surface area contributed by atoms with Crippen LogP contribution in [0.5, 0.6) is 0 Å². The number of hydrogen-bond donors (Lipinski definition) is 2. The third-order valence-corrected chi connectivity index (χ3v) is 5.23. The van der Waals surface area contributed by atoms with Crippen molar-refractivity contribution in [1.29, 1.82) is 0 Å². The molecule has 160 valence electrons. The van der Waals surface area contributed by atoms with Crippen LogP contribution >= 0.6 is 0 Å². The summed E-state index contributed by atoms with van der Waals surface area (Å²) in [5, 5.41) is 2.60. The number of amides is 1. The highest BCUT2D eigenvalue weighted by Gasteiger charge is 2.26. The van der Waals surface area contributed by atoms with Crippen molar-refractivity contribution in [3.05, 3.63) is 35.4 Å². The molecule has 1 atom stereocenters. The fraction of sp³-hybridized carbons (Fsp3) is 0.526. The molecule has 0 fully saturated rings. The predicted molar refractivity (Wildman–Crippen MR) is 108 cm³/mol. The third-order valence-electron chi connectivity index (χ3n) is 3.74. The van der Waals surface area contributed by atoms with Gasteiger partial charge in [-0.15, -0.1) is 0 Å². The fourth-order valence-electron chi connectivity index (χ4n) is 2.36. The van der Waals surface area contributed by atoms with Gasteiger partial charge >= 0.3 is 12.3 Å².